The molecule has 0 heterocycles. The first kappa shape index (κ1) is 13.6. The van der Waals surface area contributed by atoms with Crippen LogP contribution in [0.5, 0.6) is 0 Å². The van der Waals surface area contributed by atoms with Gasteiger partial charge in [0, 0.05) is 29.2 Å². The monoisotopic (exact) mass is 251 g/mol. The minimum atomic E-state index is -1.20. The maximum Gasteiger partial charge on any atom is 0.175 e. The van der Waals surface area contributed by atoms with Crippen LogP contribution in [0.15, 0.2) is 24.3 Å². The summed E-state index contributed by atoms with van der Waals surface area (Å²) in [5.74, 6) is 0.178. The molecule has 0 aliphatic rings. The van der Waals surface area contributed by atoms with Crippen LogP contribution in [-0.2, 0) is 15.5 Å². The van der Waals surface area contributed by atoms with Gasteiger partial charge in [-0.05, 0) is 12.1 Å². The van der Waals surface area contributed by atoms with Gasteiger partial charge >= 0.3 is 0 Å². The summed E-state index contributed by atoms with van der Waals surface area (Å²) in [5.41, 5.74) is 0.983. The van der Waals surface area contributed by atoms with Gasteiger partial charge in [0.15, 0.2) is 5.78 Å². The predicted octanol–water partition coefficient (Wildman–Crippen LogP) is 1.14. The Morgan fingerprint density at radius 1 is 1.41 bits per heavy atom. The van der Waals surface area contributed by atoms with E-state index < -0.39 is 10.8 Å². The molecule has 0 aromatic heterocycles. The third-order valence-electron chi connectivity index (χ3n) is 2.14. The van der Waals surface area contributed by atoms with Gasteiger partial charge in [0.2, 0.25) is 0 Å². The van der Waals surface area contributed by atoms with Crippen molar-refractivity contribution in [2.24, 2.45) is 0 Å². The van der Waals surface area contributed by atoms with Crippen LogP contribution in [0.1, 0.15) is 15.9 Å². The van der Waals surface area contributed by atoms with Crippen LogP contribution < -0.4 is 0 Å². The summed E-state index contributed by atoms with van der Waals surface area (Å²) >= 11 is 0. The summed E-state index contributed by atoms with van der Waals surface area (Å²) < 4.78 is 16.3. The molecule has 0 saturated heterocycles. The van der Waals surface area contributed by atoms with Crippen LogP contribution in [-0.4, -0.2) is 35.2 Å². The van der Waals surface area contributed by atoms with Gasteiger partial charge in [-0.2, -0.15) is 5.26 Å². The second kappa shape index (κ2) is 6.94. The van der Waals surface area contributed by atoms with Gasteiger partial charge in [0.05, 0.1) is 24.0 Å². The normalized spacial score (nSPS) is 11.8. The lowest BCUT2D eigenvalue weighted by atomic mass is 10.1. The topological polar surface area (TPSA) is 67.2 Å². The zero-order chi connectivity index (χ0) is 12.7. The van der Waals surface area contributed by atoms with Crippen LogP contribution in [0.3, 0.4) is 0 Å². The second-order valence-corrected chi connectivity index (χ2v) is 4.97. The molecule has 1 aromatic rings. The molecule has 0 spiro atoms. The van der Waals surface area contributed by atoms with Crippen LogP contribution >= 0.6 is 0 Å². The lowest BCUT2D eigenvalue weighted by Gasteiger charge is -2.01. The molecule has 0 radical (unpaired) electrons. The summed E-state index contributed by atoms with van der Waals surface area (Å²) in [6.07, 6.45) is 0. The van der Waals surface area contributed by atoms with Crippen LogP contribution in [0.25, 0.3) is 0 Å². The Hall–Kier alpha value is -1.51. The van der Waals surface area contributed by atoms with Crippen molar-refractivity contribution in [3.8, 4) is 6.07 Å². The number of carbonyl (C=O) groups is 1. The Bertz CT molecular complexity index is 448. The molecule has 0 N–H and O–H groups in total. The molecule has 1 atom stereocenters. The third kappa shape index (κ3) is 4.47. The summed E-state index contributed by atoms with van der Waals surface area (Å²) in [6.45, 7) is 0.382. The Morgan fingerprint density at radius 3 is 2.59 bits per heavy atom. The molecule has 0 bridgehead atoms. The highest BCUT2D eigenvalue weighted by molar-refractivity contribution is 7.85. The van der Waals surface area contributed by atoms with E-state index in [9.17, 15) is 9.00 Å². The van der Waals surface area contributed by atoms with Crippen LogP contribution in [0.2, 0.25) is 0 Å². The molecular formula is C12H13NO3S. The standard InChI is InChI=1S/C12H13NO3S/c1-16-6-7-17(15)9-12(14)11-4-2-10(8-13)3-5-11/h2-5H,6-7,9H2,1H3. The number of methoxy groups -OCH3 is 1. The Kier molecular flexibility index (Phi) is 5.53. The minimum Gasteiger partial charge on any atom is -0.384 e. The summed E-state index contributed by atoms with van der Waals surface area (Å²) in [4.78, 5) is 11.7. The molecule has 0 fully saturated rings. The van der Waals surface area contributed by atoms with E-state index in [0.717, 1.165) is 0 Å². The zero-order valence-corrected chi connectivity index (χ0v) is 10.3. The number of carbonyl (C=O) groups excluding carboxylic acids is 1. The molecule has 0 saturated carbocycles. The minimum absolute atomic E-state index is 0.00470. The van der Waals surface area contributed by atoms with Crippen molar-refractivity contribution in [2.45, 2.75) is 0 Å². The average molecular weight is 251 g/mol. The average Bonchev–Trinajstić information content (AvgIpc) is 2.36. The molecule has 4 nitrogen and oxygen atoms in total. The van der Waals surface area contributed by atoms with Gasteiger partial charge in [-0.15, -0.1) is 0 Å². The first-order valence-corrected chi connectivity index (χ1v) is 6.53. The molecule has 5 heteroatoms. The first-order chi connectivity index (χ1) is 8.17. The highest BCUT2D eigenvalue weighted by Crippen LogP contribution is 2.05. The Balaban J connectivity index is 2.58. The van der Waals surface area contributed by atoms with Gasteiger partial charge in [-0.1, -0.05) is 12.1 Å². The molecule has 1 rings (SSSR count). The highest BCUT2D eigenvalue weighted by Gasteiger charge is 2.10. The van der Waals surface area contributed by atoms with Crippen molar-refractivity contribution in [2.75, 3.05) is 25.2 Å². The number of hydrogen-bond acceptors (Lipinski definition) is 4. The van der Waals surface area contributed by atoms with E-state index in [0.29, 0.717) is 23.5 Å². The maximum atomic E-state index is 11.7. The second-order valence-electron chi connectivity index (χ2n) is 3.39. The van der Waals surface area contributed by atoms with Crippen LogP contribution in [0.4, 0.5) is 0 Å². The number of ether oxygens (including phenoxy) is 1. The van der Waals surface area contributed by atoms with Gasteiger partial charge < -0.3 is 4.74 Å². The fraction of sp³-hybridized carbons (Fsp3) is 0.333. The van der Waals surface area contributed by atoms with Crippen molar-refractivity contribution in [3.05, 3.63) is 35.4 Å². The van der Waals surface area contributed by atoms with E-state index in [4.69, 9.17) is 10.00 Å². The largest absolute Gasteiger partial charge is 0.384 e. The smallest absolute Gasteiger partial charge is 0.175 e. The fourth-order valence-electron chi connectivity index (χ4n) is 1.21. The molecule has 0 aliphatic carbocycles. The van der Waals surface area contributed by atoms with E-state index in [-0.39, 0.29) is 11.5 Å². The third-order valence-corrected chi connectivity index (χ3v) is 3.35. The van der Waals surface area contributed by atoms with Crippen molar-refractivity contribution < 1.29 is 13.7 Å². The van der Waals surface area contributed by atoms with E-state index in [1.54, 1.807) is 24.3 Å². The number of nitrogens with zero attached hydrogens (tertiary/aromatic N) is 1. The highest BCUT2D eigenvalue weighted by atomic mass is 32.2. The van der Waals surface area contributed by atoms with E-state index >= 15 is 0 Å². The lowest BCUT2D eigenvalue weighted by molar-refractivity contribution is 0.102. The molecule has 0 aliphatic heterocycles. The number of ketones is 1. The Labute approximate surface area is 103 Å². The molecular weight excluding hydrogens is 238 g/mol. The lowest BCUT2D eigenvalue weighted by Crippen LogP contribution is -2.15. The number of rotatable bonds is 6. The molecule has 0 amide bonds. The van der Waals surface area contributed by atoms with Crippen LogP contribution in [0, 0.1) is 11.3 Å². The molecule has 90 valence electrons. The van der Waals surface area contributed by atoms with Crippen molar-refractivity contribution in [1.82, 2.24) is 0 Å². The SMILES string of the molecule is COCCS(=O)CC(=O)c1ccc(C#N)cc1. The number of nitriles is 1. The van der Waals surface area contributed by atoms with Crippen molar-refractivity contribution in [1.29, 1.82) is 5.26 Å². The van der Waals surface area contributed by atoms with E-state index in [1.807, 2.05) is 6.07 Å². The summed E-state index contributed by atoms with van der Waals surface area (Å²) in [6, 6.07) is 8.28. The van der Waals surface area contributed by atoms with E-state index in [1.165, 1.54) is 7.11 Å². The molecule has 1 unspecified atom stereocenters. The molecule has 1 aromatic carbocycles. The summed E-state index contributed by atoms with van der Waals surface area (Å²) in [7, 11) is 0.330. The predicted molar refractivity (Wildman–Crippen MR) is 65.2 cm³/mol. The number of benzene rings is 1. The van der Waals surface area contributed by atoms with E-state index in [2.05, 4.69) is 0 Å². The van der Waals surface area contributed by atoms with Gasteiger partial charge in [0.25, 0.3) is 0 Å². The van der Waals surface area contributed by atoms with Gasteiger partial charge in [-0.3, -0.25) is 9.00 Å². The number of Topliss-reactive ketones (excluding diaryl/α,β-unsaturated/α-hetero) is 1. The number of hydrogen-bond donors (Lipinski definition) is 0. The maximum absolute atomic E-state index is 11.7. The van der Waals surface area contributed by atoms with Crippen molar-refractivity contribution in [3.63, 3.8) is 0 Å². The zero-order valence-electron chi connectivity index (χ0n) is 9.51. The fourth-order valence-corrected chi connectivity index (χ4v) is 2.16. The van der Waals surface area contributed by atoms with Gasteiger partial charge in [0.1, 0.15) is 0 Å². The van der Waals surface area contributed by atoms with Crippen molar-refractivity contribution >= 4 is 16.6 Å². The first-order valence-electron chi connectivity index (χ1n) is 5.04. The quantitative estimate of drug-likeness (QED) is 0.711. The Morgan fingerprint density at radius 2 is 2.06 bits per heavy atom. The van der Waals surface area contributed by atoms with Gasteiger partial charge in [-0.25, -0.2) is 0 Å². The summed E-state index contributed by atoms with van der Waals surface area (Å²) in [5, 5.41) is 8.61. The molecule has 17 heavy (non-hydrogen) atoms.